The van der Waals surface area contributed by atoms with E-state index in [2.05, 4.69) is 27.6 Å². The normalized spacial score (nSPS) is 23.6. The highest BCUT2D eigenvalue weighted by atomic mass is 32.2. The minimum atomic E-state index is -0.755. The maximum Gasteiger partial charge on any atom is 0.139 e. The molecule has 3 rings (SSSR count). The summed E-state index contributed by atoms with van der Waals surface area (Å²) in [5.41, 5.74) is 1.21. The van der Waals surface area contributed by atoms with Gasteiger partial charge in [-0.25, -0.2) is 9.97 Å². The average Bonchev–Trinajstić information content (AvgIpc) is 2.88. The van der Waals surface area contributed by atoms with E-state index in [0.29, 0.717) is 0 Å². The highest BCUT2D eigenvalue weighted by Gasteiger charge is 2.30. The molecule has 0 amide bonds. The van der Waals surface area contributed by atoms with E-state index in [9.17, 15) is 4.21 Å². The van der Waals surface area contributed by atoms with Crippen molar-refractivity contribution in [2.75, 3.05) is 11.1 Å². The predicted molar refractivity (Wildman–Crippen MR) is 95.2 cm³/mol. The van der Waals surface area contributed by atoms with Gasteiger partial charge in [0.05, 0.1) is 10.6 Å². The Labute approximate surface area is 138 Å². The Morgan fingerprint density at radius 2 is 2.09 bits per heavy atom. The molecule has 1 saturated carbocycles. The van der Waals surface area contributed by atoms with Gasteiger partial charge in [0.2, 0.25) is 0 Å². The van der Waals surface area contributed by atoms with Gasteiger partial charge in [-0.15, -0.1) is 11.3 Å². The first kappa shape index (κ1) is 15.9. The van der Waals surface area contributed by atoms with Crippen molar-refractivity contribution < 1.29 is 4.21 Å². The van der Waals surface area contributed by atoms with Gasteiger partial charge in [-0.2, -0.15) is 0 Å². The summed E-state index contributed by atoms with van der Waals surface area (Å²) < 4.78 is 12.4. The van der Waals surface area contributed by atoms with Gasteiger partial charge >= 0.3 is 0 Å². The van der Waals surface area contributed by atoms with E-state index < -0.39 is 10.8 Å². The molecule has 1 aliphatic carbocycles. The summed E-state index contributed by atoms with van der Waals surface area (Å²) in [6, 6.07) is 0.256. The van der Waals surface area contributed by atoms with Gasteiger partial charge < -0.3 is 5.32 Å². The number of hydrogen-bond donors (Lipinski definition) is 1. The number of fused-ring (bicyclic) bond motifs is 1. The van der Waals surface area contributed by atoms with Gasteiger partial charge in [-0.3, -0.25) is 4.21 Å². The highest BCUT2D eigenvalue weighted by molar-refractivity contribution is 7.85. The van der Waals surface area contributed by atoms with E-state index in [0.717, 1.165) is 40.5 Å². The van der Waals surface area contributed by atoms with Gasteiger partial charge in [-0.1, -0.05) is 19.8 Å². The molecular weight excluding hydrogens is 314 g/mol. The van der Waals surface area contributed by atoms with Gasteiger partial charge in [0.15, 0.2) is 0 Å². The fourth-order valence-electron chi connectivity index (χ4n) is 3.26. The third-order valence-corrected chi connectivity index (χ3v) is 7.17. The zero-order valence-corrected chi connectivity index (χ0v) is 15.0. The first-order chi connectivity index (χ1) is 10.6. The summed E-state index contributed by atoms with van der Waals surface area (Å²) in [7, 11) is -0.755. The molecule has 3 atom stereocenters. The Kier molecular flexibility index (Phi) is 4.78. The minimum absolute atomic E-state index is 0.239. The van der Waals surface area contributed by atoms with E-state index in [1.165, 1.54) is 18.4 Å². The molecule has 3 unspecified atom stereocenters. The summed E-state index contributed by atoms with van der Waals surface area (Å²) in [4.78, 5) is 10.2. The van der Waals surface area contributed by atoms with Gasteiger partial charge in [0.1, 0.15) is 16.5 Å². The quantitative estimate of drug-likeness (QED) is 0.922. The molecule has 22 heavy (non-hydrogen) atoms. The maximum absolute atomic E-state index is 12.4. The Morgan fingerprint density at radius 1 is 1.32 bits per heavy atom. The SMILES string of the molecule is CCS(=O)C1CCCCC1Nc1nc(C)nc2scc(C)c12. The Balaban J connectivity index is 1.94. The molecule has 1 fully saturated rings. The number of rotatable bonds is 4. The lowest BCUT2D eigenvalue weighted by Crippen LogP contribution is -2.40. The van der Waals surface area contributed by atoms with Crippen molar-refractivity contribution in [3.63, 3.8) is 0 Å². The Bertz CT molecular complexity index is 698. The highest BCUT2D eigenvalue weighted by Crippen LogP contribution is 2.32. The molecule has 0 spiro atoms. The first-order valence-electron chi connectivity index (χ1n) is 7.96. The lowest BCUT2D eigenvalue weighted by Gasteiger charge is -2.32. The molecule has 2 heterocycles. The number of anilines is 1. The van der Waals surface area contributed by atoms with Crippen LogP contribution in [0.25, 0.3) is 10.2 Å². The van der Waals surface area contributed by atoms with Crippen LogP contribution in [-0.4, -0.2) is 31.2 Å². The molecule has 6 heteroatoms. The van der Waals surface area contributed by atoms with Crippen LogP contribution in [0.1, 0.15) is 44.0 Å². The zero-order valence-electron chi connectivity index (χ0n) is 13.4. The van der Waals surface area contributed by atoms with Crippen LogP contribution in [0, 0.1) is 13.8 Å². The standard InChI is InChI=1S/C16H23N3OS2/c1-4-22(20)13-8-6-5-7-12(13)19-15-14-10(2)9-21-16(14)18-11(3)17-15/h9,12-13H,4-8H2,1-3H3,(H,17,18,19). The minimum Gasteiger partial charge on any atom is -0.365 e. The lowest BCUT2D eigenvalue weighted by molar-refractivity contribution is 0.465. The van der Waals surface area contributed by atoms with E-state index in [1.807, 2.05) is 13.8 Å². The smallest absolute Gasteiger partial charge is 0.139 e. The summed E-state index contributed by atoms with van der Waals surface area (Å²) in [6.45, 7) is 6.05. The molecule has 0 radical (unpaired) electrons. The van der Waals surface area contributed by atoms with Crippen LogP contribution in [-0.2, 0) is 10.8 Å². The monoisotopic (exact) mass is 337 g/mol. The summed E-state index contributed by atoms with van der Waals surface area (Å²) in [6.07, 6.45) is 4.51. The van der Waals surface area contributed by atoms with Crippen molar-refractivity contribution in [3.05, 3.63) is 16.8 Å². The lowest BCUT2D eigenvalue weighted by atomic mass is 9.95. The summed E-state index contributed by atoms with van der Waals surface area (Å²) in [5, 5.41) is 7.12. The second-order valence-corrected chi connectivity index (χ2v) is 8.76. The molecule has 0 aliphatic heterocycles. The molecule has 2 aromatic heterocycles. The van der Waals surface area contributed by atoms with Crippen LogP contribution in [0.5, 0.6) is 0 Å². The number of aryl methyl sites for hydroxylation is 2. The van der Waals surface area contributed by atoms with Crippen molar-refractivity contribution in [1.29, 1.82) is 0 Å². The van der Waals surface area contributed by atoms with Crippen molar-refractivity contribution in [2.24, 2.45) is 0 Å². The number of nitrogens with one attached hydrogen (secondary N) is 1. The van der Waals surface area contributed by atoms with Crippen molar-refractivity contribution in [3.8, 4) is 0 Å². The molecule has 2 aromatic rings. The van der Waals surface area contributed by atoms with Crippen molar-refractivity contribution >= 4 is 38.2 Å². The molecule has 4 nitrogen and oxygen atoms in total. The molecule has 0 aromatic carbocycles. The fraction of sp³-hybridized carbons (Fsp3) is 0.625. The average molecular weight is 338 g/mol. The Morgan fingerprint density at radius 3 is 2.86 bits per heavy atom. The second kappa shape index (κ2) is 6.62. The molecule has 1 aliphatic rings. The number of hydrogen-bond acceptors (Lipinski definition) is 5. The zero-order chi connectivity index (χ0) is 15.7. The van der Waals surface area contributed by atoms with Crippen LogP contribution >= 0.6 is 11.3 Å². The maximum atomic E-state index is 12.4. The summed E-state index contributed by atoms with van der Waals surface area (Å²) in [5.74, 6) is 2.45. The van der Waals surface area contributed by atoms with Gasteiger partial charge in [-0.05, 0) is 37.6 Å². The fourth-order valence-corrected chi connectivity index (χ4v) is 5.66. The van der Waals surface area contributed by atoms with Crippen LogP contribution < -0.4 is 5.32 Å². The van der Waals surface area contributed by atoms with Crippen molar-refractivity contribution in [1.82, 2.24) is 9.97 Å². The first-order valence-corrected chi connectivity index (χ1v) is 10.2. The third kappa shape index (κ3) is 3.04. The van der Waals surface area contributed by atoms with E-state index in [1.54, 1.807) is 11.3 Å². The molecule has 0 saturated heterocycles. The molecular formula is C16H23N3OS2. The second-order valence-electron chi connectivity index (χ2n) is 5.96. The topological polar surface area (TPSA) is 54.9 Å². The number of aromatic nitrogens is 2. The number of thiophene rings is 1. The third-order valence-electron chi connectivity index (χ3n) is 4.38. The van der Waals surface area contributed by atoms with E-state index in [4.69, 9.17) is 0 Å². The van der Waals surface area contributed by atoms with Gasteiger partial charge in [0, 0.05) is 22.6 Å². The van der Waals surface area contributed by atoms with Crippen molar-refractivity contribution in [2.45, 2.75) is 57.7 Å². The van der Waals surface area contributed by atoms with Crippen LogP contribution in [0.15, 0.2) is 5.38 Å². The predicted octanol–water partition coefficient (Wildman–Crippen LogP) is 3.80. The largest absolute Gasteiger partial charge is 0.365 e. The van der Waals surface area contributed by atoms with Crippen LogP contribution in [0.3, 0.4) is 0 Å². The van der Waals surface area contributed by atoms with E-state index >= 15 is 0 Å². The molecule has 1 N–H and O–H groups in total. The van der Waals surface area contributed by atoms with Crippen LogP contribution in [0.4, 0.5) is 5.82 Å². The van der Waals surface area contributed by atoms with Gasteiger partial charge in [0.25, 0.3) is 0 Å². The summed E-state index contributed by atoms with van der Waals surface area (Å²) >= 11 is 1.66. The molecule has 0 bridgehead atoms. The van der Waals surface area contributed by atoms with E-state index in [-0.39, 0.29) is 11.3 Å². The van der Waals surface area contributed by atoms with Crippen LogP contribution in [0.2, 0.25) is 0 Å². The Hall–Kier alpha value is -1.01. The molecule has 120 valence electrons. The number of nitrogens with zero attached hydrogens (tertiary/aromatic N) is 2.